The van der Waals surface area contributed by atoms with E-state index in [2.05, 4.69) is 16.9 Å². The van der Waals surface area contributed by atoms with Crippen molar-refractivity contribution in [3.05, 3.63) is 10.4 Å². The number of nitrogens with zero attached hydrogens (tertiary/aromatic N) is 3. The largest absolute Gasteiger partial charge is 0.394 e. The molecule has 0 bridgehead atoms. The van der Waals surface area contributed by atoms with Gasteiger partial charge in [0.15, 0.2) is 0 Å². The molecule has 0 unspecified atom stereocenters. The van der Waals surface area contributed by atoms with Crippen LogP contribution in [0.25, 0.3) is 10.4 Å². The summed E-state index contributed by atoms with van der Waals surface area (Å²) in [6.45, 7) is 8.72. The lowest BCUT2D eigenvalue weighted by molar-refractivity contribution is 0.00783. The molecule has 0 heterocycles. The molecule has 0 saturated heterocycles. The molecule has 11 heteroatoms. The summed E-state index contributed by atoms with van der Waals surface area (Å²) < 4.78 is 30.6. The molecule has 0 saturated carbocycles. The molecule has 0 rings (SSSR count). The first kappa shape index (κ1) is 29.2. The van der Waals surface area contributed by atoms with Gasteiger partial charge in [-0.15, -0.1) is 0 Å². The summed E-state index contributed by atoms with van der Waals surface area (Å²) in [4.78, 5) is 2.59. The molecule has 0 atom stereocenters. The smallest absolute Gasteiger partial charge is 0.0701 e. The lowest BCUT2D eigenvalue weighted by Gasteiger charge is -2.05. The predicted octanol–water partition coefficient (Wildman–Crippen LogP) is 0.777. The van der Waals surface area contributed by atoms with E-state index in [1.165, 1.54) is 0 Å². The summed E-state index contributed by atoms with van der Waals surface area (Å²) in [6, 6.07) is 0. The third kappa shape index (κ3) is 32.6. The minimum atomic E-state index is 0.0303. The highest BCUT2D eigenvalue weighted by atomic mass is 16.6. The maximum absolute atomic E-state index is 8.39. The third-order valence-electron chi connectivity index (χ3n) is 2.71. The van der Waals surface area contributed by atoms with E-state index in [0.717, 1.165) is 13.0 Å². The van der Waals surface area contributed by atoms with Crippen LogP contribution in [-0.2, 0) is 28.4 Å². The van der Waals surface area contributed by atoms with Crippen molar-refractivity contribution in [1.82, 2.24) is 0 Å². The molecule has 28 heavy (non-hydrogen) atoms. The molecule has 0 aromatic carbocycles. The number of azide groups is 1. The van der Waals surface area contributed by atoms with Gasteiger partial charge in [0.2, 0.25) is 0 Å². The van der Waals surface area contributed by atoms with E-state index >= 15 is 0 Å². The van der Waals surface area contributed by atoms with E-state index in [1.807, 2.05) is 0 Å². The number of hydrogen-bond acceptors (Lipinski definition) is 9. The Kier molecular flexibility index (Phi) is 32.0. The molecule has 0 aliphatic heterocycles. The Morgan fingerprint density at radius 2 is 0.964 bits per heavy atom. The van der Waals surface area contributed by atoms with Crippen molar-refractivity contribution in [2.45, 2.75) is 13.3 Å². The Morgan fingerprint density at radius 1 is 0.607 bits per heavy atom. The fourth-order valence-electron chi connectivity index (χ4n) is 1.51. The fraction of sp³-hybridized carbons (Fsp3) is 1.00. The Labute approximate surface area is 167 Å². The van der Waals surface area contributed by atoms with Gasteiger partial charge in [0.25, 0.3) is 0 Å². The van der Waals surface area contributed by atoms with Gasteiger partial charge in [-0.05, 0) is 12.0 Å². The van der Waals surface area contributed by atoms with Crippen LogP contribution in [-0.4, -0.2) is 109 Å². The van der Waals surface area contributed by atoms with Gasteiger partial charge in [-0.1, -0.05) is 12.0 Å². The SMILES string of the molecule is CCCOCCOCCOCCO.[N-]=[N+]=NCCOCCOCCOCCO. The Balaban J connectivity index is 0. The zero-order valence-electron chi connectivity index (χ0n) is 17.0. The molecule has 0 aliphatic carbocycles. The van der Waals surface area contributed by atoms with Crippen LogP contribution in [0.15, 0.2) is 5.11 Å². The molecule has 0 aromatic heterocycles. The van der Waals surface area contributed by atoms with Gasteiger partial charge in [0.05, 0.1) is 85.9 Å². The van der Waals surface area contributed by atoms with Crippen LogP contribution in [0.2, 0.25) is 0 Å². The molecule has 0 fully saturated rings. The van der Waals surface area contributed by atoms with E-state index in [4.69, 9.17) is 44.2 Å². The normalized spacial score (nSPS) is 10.2. The topological polar surface area (TPSA) is 145 Å². The van der Waals surface area contributed by atoms with E-state index in [0.29, 0.717) is 79.2 Å². The minimum absolute atomic E-state index is 0.0303. The average Bonchev–Trinajstić information content (AvgIpc) is 2.71. The third-order valence-corrected chi connectivity index (χ3v) is 2.71. The second-order valence-corrected chi connectivity index (χ2v) is 5.08. The monoisotopic (exact) mass is 411 g/mol. The van der Waals surface area contributed by atoms with Gasteiger partial charge in [-0.3, -0.25) is 0 Å². The summed E-state index contributed by atoms with van der Waals surface area (Å²) in [7, 11) is 0. The molecular formula is C17H37N3O8. The van der Waals surface area contributed by atoms with Crippen LogP contribution in [0.5, 0.6) is 0 Å². The number of aliphatic hydroxyl groups is 2. The van der Waals surface area contributed by atoms with Gasteiger partial charge >= 0.3 is 0 Å². The zero-order valence-corrected chi connectivity index (χ0v) is 17.0. The van der Waals surface area contributed by atoms with E-state index < -0.39 is 0 Å². The lowest BCUT2D eigenvalue weighted by Crippen LogP contribution is -2.11. The van der Waals surface area contributed by atoms with Gasteiger partial charge in [0, 0.05) is 18.1 Å². The Morgan fingerprint density at radius 3 is 1.32 bits per heavy atom. The van der Waals surface area contributed by atoms with Gasteiger partial charge in [0.1, 0.15) is 0 Å². The van der Waals surface area contributed by atoms with Crippen LogP contribution >= 0.6 is 0 Å². The molecule has 0 aliphatic rings. The first-order chi connectivity index (χ1) is 13.8. The Bertz CT molecular complexity index is 311. The maximum atomic E-state index is 8.39. The molecule has 0 radical (unpaired) electrons. The van der Waals surface area contributed by atoms with Gasteiger partial charge in [-0.25, -0.2) is 0 Å². The summed E-state index contributed by atoms with van der Waals surface area (Å²) in [5.41, 5.74) is 7.96. The summed E-state index contributed by atoms with van der Waals surface area (Å²) in [6.07, 6.45) is 1.04. The Hall–Kier alpha value is -1.01. The first-order valence-corrected chi connectivity index (χ1v) is 9.52. The van der Waals surface area contributed by atoms with Gasteiger partial charge < -0.3 is 38.6 Å². The maximum Gasteiger partial charge on any atom is 0.0701 e. The van der Waals surface area contributed by atoms with Crippen LogP contribution < -0.4 is 0 Å². The highest BCUT2D eigenvalue weighted by Gasteiger charge is 1.91. The fourth-order valence-corrected chi connectivity index (χ4v) is 1.51. The van der Waals surface area contributed by atoms with Crippen molar-refractivity contribution in [2.24, 2.45) is 5.11 Å². The van der Waals surface area contributed by atoms with Crippen molar-refractivity contribution >= 4 is 0 Å². The lowest BCUT2D eigenvalue weighted by atomic mass is 10.5. The molecule has 2 N–H and O–H groups in total. The number of ether oxygens (including phenoxy) is 6. The molecular weight excluding hydrogens is 374 g/mol. The summed E-state index contributed by atoms with van der Waals surface area (Å²) in [5, 5.41) is 20.1. The van der Waals surface area contributed by atoms with Crippen molar-refractivity contribution in [1.29, 1.82) is 0 Å². The van der Waals surface area contributed by atoms with Crippen molar-refractivity contribution in [2.75, 3.05) is 99.0 Å². The summed E-state index contributed by atoms with van der Waals surface area (Å²) in [5.74, 6) is 0. The molecule has 168 valence electrons. The van der Waals surface area contributed by atoms with Crippen molar-refractivity contribution < 1.29 is 38.6 Å². The molecule has 0 spiro atoms. The quantitative estimate of drug-likeness (QED) is 0.122. The van der Waals surface area contributed by atoms with Crippen molar-refractivity contribution in [3.63, 3.8) is 0 Å². The van der Waals surface area contributed by atoms with Crippen LogP contribution in [0.4, 0.5) is 0 Å². The highest BCUT2D eigenvalue weighted by molar-refractivity contribution is 4.44. The van der Waals surface area contributed by atoms with Crippen LogP contribution in [0.1, 0.15) is 13.3 Å². The average molecular weight is 411 g/mol. The van der Waals surface area contributed by atoms with Gasteiger partial charge in [-0.2, -0.15) is 0 Å². The van der Waals surface area contributed by atoms with E-state index in [9.17, 15) is 0 Å². The molecule has 0 aromatic rings. The second-order valence-electron chi connectivity index (χ2n) is 5.08. The number of aliphatic hydroxyl groups excluding tert-OH is 2. The van der Waals surface area contributed by atoms with E-state index in [-0.39, 0.29) is 13.2 Å². The standard InChI is InChI=1S/C9H20O4.C8H17N3O4/c1-2-4-11-6-8-13-9-7-12-5-3-10;9-11-10-1-3-13-5-7-15-8-6-14-4-2-12/h10H,2-9H2,1H3;12H,1-8H2. The number of rotatable bonds is 21. The van der Waals surface area contributed by atoms with Crippen LogP contribution in [0.3, 0.4) is 0 Å². The first-order valence-electron chi connectivity index (χ1n) is 9.52. The minimum Gasteiger partial charge on any atom is -0.394 e. The second kappa shape index (κ2) is 30.7. The zero-order chi connectivity index (χ0) is 21.0. The summed E-state index contributed by atoms with van der Waals surface area (Å²) >= 11 is 0. The number of hydrogen-bond donors (Lipinski definition) is 2. The van der Waals surface area contributed by atoms with Crippen LogP contribution in [0, 0.1) is 0 Å². The van der Waals surface area contributed by atoms with Crippen molar-refractivity contribution in [3.8, 4) is 0 Å². The molecule has 0 amide bonds. The highest BCUT2D eigenvalue weighted by Crippen LogP contribution is 1.83. The predicted molar refractivity (Wildman–Crippen MR) is 103 cm³/mol. The molecule has 11 nitrogen and oxygen atoms in total. The van der Waals surface area contributed by atoms with E-state index in [1.54, 1.807) is 0 Å².